The minimum atomic E-state index is 0.0470. The van der Waals surface area contributed by atoms with Gasteiger partial charge in [0.25, 0.3) is 0 Å². The van der Waals surface area contributed by atoms with Crippen LogP contribution < -0.4 is 5.32 Å². The average molecular weight is 254 g/mol. The molecule has 2 rings (SSSR count). The summed E-state index contributed by atoms with van der Waals surface area (Å²) in [6.07, 6.45) is 2.07. The number of amides is 1. The first kappa shape index (κ1) is 9.71. The molecule has 14 heavy (non-hydrogen) atoms. The molecule has 0 radical (unpaired) electrons. The third kappa shape index (κ3) is 1.82. The molecule has 2 nitrogen and oxygen atoms in total. The Morgan fingerprint density at radius 2 is 2.36 bits per heavy atom. The van der Waals surface area contributed by atoms with Gasteiger partial charge in [-0.15, -0.1) is 0 Å². The van der Waals surface area contributed by atoms with Crippen molar-refractivity contribution in [3.63, 3.8) is 0 Å². The molecule has 0 heterocycles. The average Bonchev–Trinajstić information content (AvgIpc) is 2.47. The van der Waals surface area contributed by atoms with E-state index in [9.17, 15) is 4.79 Å². The van der Waals surface area contributed by atoms with Gasteiger partial charge < -0.3 is 5.32 Å². The summed E-state index contributed by atoms with van der Waals surface area (Å²) >= 11 is 3.45. The first-order valence-corrected chi connectivity index (χ1v) is 5.51. The van der Waals surface area contributed by atoms with Crippen LogP contribution in [0.5, 0.6) is 0 Å². The van der Waals surface area contributed by atoms with Gasteiger partial charge in [-0.25, -0.2) is 0 Å². The van der Waals surface area contributed by atoms with E-state index in [-0.39, 0.29) is 11.9 Å². The fraction of sp³-hybridized carbons (Fsp3) is 0.364. The Morgan fingerprint density at radius 3 is 3.07 bits per heavy atom. The van der Waals surface area contributed by atoms with Crippen molar-refractivity contribution >= 4 is 21.8 Å². The first-order chi connectivity index (χ1) is 6.66. The molecule has 74 valence electrons. The molecule has 0 saturated heterocycles. The molecule has 3 heteroatoms. The summed E-state index contributed by atoms with van der Waals surface area (Å²) in [7, 11) is 0. The molecule has 0 unspecified atom stereocenters. The van der Waals surface area contributed by atoms with Crippen LogP contribution in [0.3, 0.4) is 0 Å². The van der Waals surface area contributed by atoms with Gasteiger partial charge >= 0.3 is 0 Å². The maximum atomic E-state index is 11.0. The number of carbonyl (C=O) groups is 1. The molecule has 1 amide bonds. The predicted molar refractivity (Wildman–Crippen MR) is 59.0 cm³/mol. The molecular weight excluding hydrogens is 242 g/mol. The molecular formula is C11H12BrNO. The highest BCUT2D eigenvalue weighted by Gasteiger charge is 2.22. The van der Waals surface area contributed by atoms with Crippen LogP contribution in [0.2, 0.25) is 0 Å². The summed E-state index contributed by atoms with van der Waals surface area (Å²) in [5.41, 5.74) is 2.61. The highest BCUT2D eigenvalue weighted by atomic mass is 79.9. The molecule has 0 bridgehead atoms. The third-order valence-electron chi connectivity index (χ3n) is 2.56. The maximum Gasteiger partial charge on any atom is 0.217 e. The van der Waals surface area contributed by atoms with E-state index in [1.165, 1.54) is 11.1 Å². The van der Waals surface area contributed by atoms with Gasteiger partial charge in [-0.05, 0) is 36.1 Å². The Hall–Kier alpha value is -0.830. The summed E-state index contributed by atoms with van der Waals surface area (Å²) in [4.78, 5) is 11.0. The van der Waals surface area contributed by atoms with Gasteiger partial charge in [0, 0.05) is 11.4 Å². The molecule has 1 N–H and O–H groups in total. The largest absolute Gasteiger partial charge is 0.350 e. The van der Waals surface area contributed by atoms with Crippen LogP contribution in [-0.2, 0) is 11.2 Å². The summed E-state index contributed by atoms with van der Waals surface area (Å²) in [6, 6.07) is 6.47. The zero-order valence-corrected chi connectivity index (χ0v) is 9.60. The van der Waals surface area contributed by atoms with Crippen molar-refractivity contribution in [1.82, 2.24) is 5.32 Å². The molecule has 0 aliphatic heterocycles. The Bertz CT molecular complexity index is 376. The number of fused-ring (bicyclic) bond motifs is 1. The zero-order chi connectivity index (χ0) is 10.1. The van der Waals surface area contributed by atoms with E-state index in [0.29, 0.717) is 0 Å². The lowest BCUT2D eigenvalue weighted by Gasteiger charge is -2.12. The van der Waals surface area contributed by atoms with Gasteiger partial charge in [-0.2, -0.15) is 0 Å². The Labute approximate surface area is 91.8 Å². The minimum absolute atomic E-state index is 0.0470. The van der Waals surface area contributed by atoms with Crippen LogP contribution in [0.15, 0.2) is 22.7 Å². The van der Waals surface area contributed by atoms with Crippen LogP contribution in [0.25, 0.3) is 0 Å². The van der Waals surface area contributed by atoms with Crippen molar-refractivity contribution in [1.29, 1.82) is 0 Å². The van der Waals surface area contributed by atoms with Crippen molar-refractivity contribution in [3.05, 3.63) is 33.8 Å². The van der Waals surface area contributed by atoms with Crippen molar-refractivity contribution in [3.8, 4) is 0 Å². The second-order valence-corrected chi connectivity index (χ2v) is 4.55. The maximum absolute atomic E-state index is 11.0. The standard InChI is InChI=1S/C11H12BrNO/c1-7(14)13-11-5-2-8-6-9(12)3-4-10(8)11/h3-4,6,11H,2,5H2,1H3,(H,13,14)/t11-/m0/s1. The molecule has 0 aromatic heterocycles. The lowest BCUT2D eigenvalue weighted by Crippen LogP contribution is -2.24. The fourth-order valence-electron chi connectivity index (χ4n) is 1.98. The van der Waals surface area contributed by atoms with Crippen LogP contribution in [0.1, 0.15) is 30.5 Å². The summed E-state index contributed by atoms with van der Waals surface area (Å²) in [5, 5.41) is 2.96. The van der Waals surface area contributed by atoms with Crippen molar-refractivity contribution in [2.75, 3.05) is 0 Å². The van der Waals surface area contributed by atoms with E-state index >= 15 is 0 Å². The number of hydrogen-bond donors (Lipinski definition) is 1. The predicted octanol–water partition coefficient (Wildman–Crippen LogP) is 2.57. The Kier molecular flexibility index (Phi) is 2.59. The van der Waals surface area contributed by atoms with Gasteiger partial charge in [0.05, 0.1) is 6.04 Å². The Balaban J connectivity index is 2.26. The SMILES string of the molecule is CC(=O)N[C@H]1CCc2cc(Br)ccc21. The lowest BCUT2D eigenvalue weighted by molar-refractivity contribution is -0.119. The summed E-state index contributed by atoms with van der Waals surface area (Å²) in [5.74, 6) is 0.0470. The molecule has 0 saturated carbocycles. The zero-order valence-electron chi connectivity index (χ0n) is 8.01. The molecule has 1 aromatic rings. The van der Waals surface area contributed by atoms with Crippen LogP contribution in [0.4, 0.5) is 0 Å². The molecule has 1 aliphatic carbocycles. The van der Waals surface area contributed by atoms with Gasteiger partial charge in [0.2, 0.25) is 5.91 Å². The van der Waals surface area contributed by atoms with Crippen LogP contribution in [0, 0.1) is 0 Å². The fourth-order valence-corrected chi connectivity index (χ4v) is 2.39. The number of rotatable bonds is 1. The van der Waals surface area contributed by atoms with Gasteiger partial charge in [-0.1, -0.05) is 22.0 Å². The second-order valence-electron chi connectivity index (χ2n) is 3.63. The van der Waals surface area contributed by atoms with E-state index in [1.807, 2.05) is 6.07 Å². The summed E-state index contributed by atoms with van der Waals surface area (Å²) in [6.45, 7) is 1.57. The van der Waals surface area contributed by atoms with Gasteiger partial charge in [-0.3, -0.25) is 4.79 Å². The van der Waals surface area contributed by atoms with Crippen molar-refractivity contribution < 1.29 is 4.79 Å². The van der Waals surface area contributed by atoms with Gasteiger partial charge in [0.15, 0.2) is 0 Å². The van der Waals surface area contributed by atoms with E-state index < -0.39 is 0 Å². The highest BCUT2D eigenvalue weighted by molar-refractivity contribution is 9.10. The van der Waals surface area contributed by atoms with Crippen LogP contribution in [-0.4, -0.2) is 5.91 Å². The van der Waals surface area contributed by atoms with Crippen molar-refractivity contribution in [2.24, 2.45) is 0 Å². The molecule has 1 aliphatic rings. The quantitative estimate of drug-likeness (QED) is 0.819. The second kappa shape index (κ2) is 3.73. The summed E-state index contributed by atoms with van der Waals surface area (Å²) < 4.78 is 1.11. The third-order valence-corrected chi connectivity index (χ3v) is 3.05. The number of nitrogens with one attached hydrogen (secondary N) is 1. The lowest BCUT2D eigenvalue weighted by atomic mass is 10.1. The number of hydrogen-bond acceptors (Lipinski definition) is 1. The van der Waals surface area contributed by atoms with Gasteiger partial charge in [0.1, 0.15) is 0 Å². The monoisotopic (exact) mass is 253 g/mol. The molecule has 0 spiro atoms. The molecule has 1 aromatic carbocycles. The van der Waals surface area contributed by atoms with Crippen LogP contribution >= 0.6 is 15.9 Å². The number of benzene rings is 1. The van der Waals surface area contributed by atoms with E-state index in [1.54, 1.807) is 6.92 Å². The number of carbonyl (C=O) groups excluding carboxylic acids is 1. The topological polar surface area (TPSA) is 29.1 Å². The first-order valence-electron chi connectivity index (χ1n) is 4.72. The number of halogens is 1. The van der Waals surface area contributed by atoms with E-state index in [2.05, 4.69) is 33.4 Å². The minimum Gasteiger partial charge on any atom is -0.350 e. The molecule has 0 fully saturated rings. The highest BCUT2D eigenvalue weighted by Crippen LogP contribution is 2.32. The molecule has 1 atom stereocenters. The Morgan fingerprint density at radius 1 is 1.57 bits per heavy atom. The van der Waals surface area contributed by atoms with E-state index in [4.69, 9.17) is 0 Å². The van der Waals surface area contributed by atoms with E-state index in [0.717, 1.165) is 17.3 Å². The normalized spacial score (nSPS) is 19.1. The number of aryl methyl sites for hydroxylation is 1. The van der Waals surface area contributed by atoms with Crippen molar-refractivity contribution in [2.45, 2.75) is 25.8 Å². The smallest absolute Gasteiger partial charge is 0.217 e.